The van der Waals surface area contributed by atoms with Crippen LogP contribution in [0.25, 0.3) is 0 Å². The zero-order chi connectivity index (χ0) is 13.4. The maximum absolute atomic E-state index is 11.5. The molecule has 0 aliphatic heterocycles. The maximum atomic E-state index is 11.5. The molecule has 100 valence electrons. The zero-order valence-corrected chi connectivity index (χ0v) is 11.4. The van der Waals surface area contributed by atoms with Gasteiger partial charge in [-0.3, -0.25) is 4.79 Å². The number of nitrogens with one attached hydrogen (secondary N) is 1. The predicted molar refractivity (Wildman–Crippen MR) is 72.9 cm³/mol. The molecule has 0 unspecified atom stereocenters. The second-order valence-electron chi connectivity index (χ2n) is 4.40. The summed E-state index contributed by atoms with van der Waals surface area (Å²) in [6, 6.07) is 7.80. The van der Waals surface area contributed by atoms with E-state index in [4.69, 9.17) is 4.74 Å². The largest absolute Gasteiger partial charge is 0.483 e. The summed E-state index contributed by atoms with van der Waals surface area (Å²) in [5, 5.41) is 2.82. The van der Waals surface area contributed by atoms with Crippen molar-refractivity contribution in [3.8, 4) is 5.75 Å². The normalized spacial score (nSPS) is 10.4. The van der Waals surface area contributed by atoms with Gasteiger partial charge < -0.3 is 15.0 Å². The monoisotopic (exact) mass is 250 g/mol. The summed E-state index contributed by atoms with van der Waals surface area (Å²) in [6.07, 6.45) is 0.901. The highest BCUT2D eigenvalue weighted by Crippen LogP contribution is 2.17. The first-order valence-corrected chi connectivity index (χ1v) is 6.25. The lowest BCUT2D eigenvalue weighted by molar-refractivity contribution is -0.123. The third-order valence-corrected chi connectivity index (χ3v) is 2.59. The third-order valence-electron chi connectivity index (χ3n) is 2.59. The molecule has 0 aromatic heterocycles. The molecule has 1 amide bonds. The van der Waals surface area contributed by atoms with Crippen LogP contribution in [0, 0.1) is 0 Å². The van der Waals surface area contributed by atoms with Gasteiger partial charge in [0.05, 0.1) is 0 Å². The fourth-order valence-electron chi connectivity index (χ4n) is 1.55. The second-order valence-corrected chi connectivity index (χ2v) is 4.40. The first-order chi connectivity index (χ1) is 8.63. The molecular weight excluding hydrogens is 228 g/mol. The average Bonchev–Trinajstić information content (AvgIpc) is 2.36. The van der Waals surface area contributed by atoms with Crippen molar-refractivity contribution in [2.45, 2.75) is 13.3 Å². The van der Waals surface area contributed by atoms with Gasteiger partial charge in [-0.05, 0) is 32.1 Å². The molecule has 1 rings (SSSR count). The van der Waals surface area contributed by atoms with E-state index in [-0.39, 0.29) is 12.5 Å². The first kappa shape index (κ1) is 14.5. The summed E-state index contributed by atoms with van der Waals surface area (Å²) in [6.45, 7) is 3.62. The number of nitrogens with zero attached hydrogens (tertiary/aromatic N) is 1. The Morgan fingerprint density at radius 1 is 1.33 bits per heavy atom. The lowest BCUT2D eigenvalue weighted by atomic mass is 10.1. The fraction of sp³-hybridized carbons (Fsp3) is 0.500. The maximum Gasteiger partial charge on any atom is 0.257 e. The molecule has 18 heavy (non-hydrogen) atoms. The number of para-hydroxylation sites is 1. The highest BCUT2D eigenvalue weighted by molar-refractivity contribution is 5.77. The van der Waals surface area contributed by atoms with Crippen molar-refractivity contribution in [2.75, 3.05) is 33.8 Å². The molecule has 0 aliphatic rings. The van der Waals surface area contributed by atoms with Crippen molar-refractivity contribution in [3.05, 3.63) is 29.8 Å². The Morgan fingerprint density at radius 2 is 2.06 bits per heavy atom. The van der Waals surface area contributed by atoms with Crippen molar-refractivity contribution in [1.82, 2.24) is 10.2 Å². The third kappa shape index (κ3) is 5.19. The topological polar surface area (TPSA) is 41.6 Å². The van der Waals surface area contributed by atoms with Gasteiger partial charge in [0.25, 0.3) is 5.91 Å². The van der Waals surface area contributed by atoms with Crippen LogP contribution in [0.5, 0.6) is 5.75 Å². The van der Waals surface area contributed by atoms with E-state index >= 15 is 0 Å². The fourth-order valence-corrected chi connectivity index (χ4v) is 1.55. The average molecular weight is 250 g/mol. The molecule has 1 N–H and O–H groups in total. The SMILES string of the molecule is CCc1ccccc1OCC(=O)NCCN(C)C. The van der Waals surface area contributed by atoms with Gasteiger partial charge in [0.15, 0.2) is 6.61 Å². The van der Waals surface area contributed by atoms with Crippen LogP contribution in [0.1, 0.15) is 12.5 Å². The Hall–Kier alpha value is -1.55. The summed E-state index contributed by atoms with van der Waals surface area (Å²) < 4.78 is 5.52. The van der Waals surface area contributed by atoms with Crippen LogP contribution >= 0.6 is 0 Å². The van der Waals surface area contributed by atoms with Crippen molar-refractivity contribution in [1.29, 1.82) is 0 Å². The molecule has 0 saturated carbocycles. The van der Waals surface area contributed by atoms with Gasteiger partial charge in [0.1, 0.15) is 5.75 Å². The number of carbonyl (C=O) groups is 1. The number of amides is 1. The van der Waals surface area contributed by atoms with Gasteiger partial charge in [-0.1, -0.05) is 25.1 Å². The van der Waals surface area contributed by atoms with Crippen molar-refractivity contribution >= 4 is 5.91 Å². The standard InChI is InChI=1S/C14H22N2O2/c1-4-12-7-5-6-8-13(12)18-11-14(17)15-9-10-16(2)3/h5-8H,4,9-11H2,1-3H3,(H,15,17). The van der Waals surface area contributed by atoms with E-state index in [0.717, 1.165) is 24.3 Å². The summed E-state index contributed by atoms with van der Waals surface area (Å²) in [4.78, 5) is 13.6. The van der Waals surface area contributed by atoms with E-state index in [1.807, 2.05) is 43.3 Å². The van der Waals surface area contributed by atoms with Crippen molar-refractivity contribution < 1.29 is 9.53 Å². The zero-order valence-electron chi connectivity index (χ0n) is 11.4. The number of carbonyl (C=O) groups excluding carboxylic acids is 1. The predicted octanol–water partition coefficient (Wildman–Crippen LogP) is 1.31. The molecule has 4 heteroatoms. The number of ether oxygens (including phenoxy) is 1. The molecule has 1 aromatic rings. The lowest BCUT2D eigenvalue weighted by Crippen LogP contribution is -2.34. The Kier molecular flexibility index (Phi) is 6.22. The summed E-state index contributed by atoms with van der Waals surface area (Å²) >= 11 is 0. The van der Waals surface area contributed by atoms with Gasteiger partial charge in [-0.2, -0.15) is 0 Å². The Bertz CT molecular complexity index is 378. The summed E-state index contributed by atoms with van der Waals surface area (Å²) in [5.41, 5.74) is 1.12. The van der Waals surface area contributed by atoms with E-state index in [1.54, 1.807) is 0 Å². The van der Waals surface area contributed by atoms with Gasteiger partial charge in [0, 0.05) is 13.1 Å². The van der Waals surface area contributed by atoms with Gasteiger partial charge in [0.2, 0.25) is 0 Å². The van der Waals surface area contributed by atoms with Crippen LogP contribution in [0.4, 0.5) is 0 Å². The number of aryl methyl sites for hydroxylation is 1. The van der Waals surface area contributed by atoms with E-state index in [9.17, 15) is 4.79 Å². The Morgan fingerprint density at radius 3 is 2.72 bits per heavy atom. The van der Waals surface area contributed by atoms with Crippen LogP contribution in [0.3, 0.4) is 0 Å². The number of hydrogen-bond donors (Lipinski definition) is 1. The van der Waals surface area contributed by atoms with E-state index in [0.29, 0.717) is 6.54 Å². The van der Waals surface area contributed by atoms with Crippen molar-refractivity contribution in [3.63, 3.8) is 0 Å². The van der Waals surface area contributed by atoms with Gasteiger partial charge >= 0.3 is 0 Å². The van der Waals surface area contributed by atoms with Crippen molar-refractivity contribution in [2.24, 2.45) is 0 Å². The lowest BCUT2D eigenvalue weighted by Gasteiger charge is -2.12. The minimum absolute atomic E-state index is 0.0739. The van der Waals surface area contributed by atoms with Crippen LogP contribution in [-0.2, 0) is 11.2 Å². The number of hydrogen-bond acceptors (Lipinski definition) is 3. The molecule has 0 saturated heterocycles. The Balaban J connectivity index is 2.33. The Labute approximate surface area is 109 Å². The van der Waals surface area contributed by atoms with Crippen LogP contribution < -0.4 is 10.1 Å². The minimum atomic E-state index is -0.0808. The smallest absolute Gasteiger partial charge is 0.257 e. The number of rotatable bonds is 7. The highest BCUT2D eigenvalue weighted by Gasteiger charge is 2.05. The van der Waals surface area contributed by atoms with Crippen LogP contribution in [0.15, 0.2) is 24.3 Å². The molecular formula is C14H22N2O2. The molecule has 1 aromatic carbocycles. The molecule has 0 fully saturated rings. The second kappa shape index (κ2) is 7.71. The number of likely N-dealkylation sites (N-methyl/N-ethyl adjacent to an activating group) is 1. The molecule has 0 spiro atoms. The molecule has 4 nitrogen and oxygen atoms in total. The number of benzene rings is 1. The van der Waals surface area contributed by atoms with Gasteiger partial charge in [-0.15, -0.1) is 0 Å². The quantitative estimate of drug-likeness (QED) is 0.793. The van der Waals surface area contributed by atoms with E-state index in [2.05, 4.69) is 12.2 Å². The molecule has 0 radical (unpaired) electrons. The summed E-state index contributed by atoms with van der Waals surface area (Å²) in [7, 11) is 3.94. The minimum Gasteiger partial charge on any atom is -0.483 e. The van der Waals surface area contributed by atoms with E-state index in [1.165, 1.54) is 0 Å². The molecule has 0 aliphatic carbocycles. The van der Waals surface area contributed by atoms with Crippen LogP contribution in [0.2, 0.25) is 0 Å². The molecule has 0 heterocycles. The summed E-state index contributed by atoms with van der Waals surface area (Å²) in [5.74, 6) is 0.713. The first-order valence-electron chi connectivity index (χ1n) is 6.25. The molecule has 0 atom stereocenters. The van der Waals surface area contributed by atoms with Crippen LogP contribution in [-0.4, -0.2) is 44.6 Å². The van der Waals surface area contributed by atoms with E-state index < -0.39 is 0 Å². The van der Waals surface area contributed by atoms with Gasteiger partial charge in [-0.25, -0.2) is 0 Å². The highest BCUT2D eigenvalue weighted by atomic mass is 16.5. The molecule has 0 bridgehead atoms.